The fourth-order valence-electron chi connectivity index (χ4n) is 4.85. The van der Waals surface area contributed by atoms with Crippen LogP contribution in [-0.4, -0.2) is 93.8 Å². The van der Waals surface area contributed by atoms with E-state index in [4.69, 9.17) is 4.74 Å². The third-order valence-electron chi connectivity index (χ3n) is 7.11. The number of nitrogens with zero attached hydrogens (tertiary/aromatic N) is 4. The lowest BCUT2D eigenvalue weighted by Crippen LogP contribution is -2.47. The van der Waals surface area contributed by atoms with Gasteiger partial charge in [0.2, 0.25) is 0 Å². The average Bonchev–Trinajstić information content (AvgIpc) is 2.87. The van der Waals surface area contributed by atoms with E-state index in [1.165, 1.54) is 69.8 Å². The molecule has 0 bridgehead atoms. The molecule has 0 N–H and O–H groups in total. The Morgan fingerprint density at radius 1 is 0.667 bits per heavy atom. The minimum atomic E-state index is 0.817. The summed E-state index contributed by atoms with van der Waals surface area (Å²) < 4.78 is 6.21. The molecule has 33 heavy (non-hydrogen) atoms. The van der Waals surface area contributed by atoms with Gasteiger partial charge in [-0.2, -0.15) is 0 Å². The van der Waals surface area contributed by atoms with Crippen LogP contribution < -0.4 is 9.64 Å². The second-order valence-electron chi connectivity index (χ2n) is 9.59. The second kappa shape index (κ2) is 13.0. The van der Waals surface area contributed by atoms with Crippen molar-refractivity contribution in [3.05, 3.63) is 60.2 Å². The van der Waals surface area contributed by atoms with Crippen LogP contribution in [0.1, 0.15) is 24.8 Å². The first-order valence-electron chi connectivity index (χ1n) is 12.9. The zero-order valence-electron chi connectivity index (χ0n) is 20.5. The Balaban J connectivity index is 1.07. The van der Waals surface area contributed by atoms with Crippen LogP contribution in [0.15, 0.2) is 54.6 Å². The molecule has 0 atom stereocenters. The van der Waals surface area contributed by atoms with Gasteiger partial charge in [0.1, 0.15) is 5.75 Å². The Morgan fingerprint density at radius 2 is 1.33 bits per heavy atom. The van der Waals surface area contributed by atoms with Crippen molar-refractivity contribution in [3.63, 3.8) is 0 Å². The molecule has 5 nitrogen and oxygen atoms in total. The Hall–Kier alpha value is -2.08. The molecular formula is C28H42N4O. The van der Waals surface area contributed by atoms with Crippen molar-refractivity contribution in [2.24, 2.45) is 0 Å². The number of unbranched alkanes of at least 4 members (excludes halogenated alkanes) is 2. The van der Waals surface area contributed by atoms with Crippen LogP contribution in [0.25, 0.3) is 0 Å². The summed E-state index contributed by atoms with van der Waals surface area (Å²) in [5.41, 5.74) is 2.71. The van der Waals surface area contributed by atoms with E-state index in [9.17, 15) is 0 Å². The Labute approximate surface area is 200 Å². The molecular weight excluding hydrogens is 408 g/mol. The van der Waals surface area contributed by atoms with Crippen LogP contribution in [0.5, 0.6) is 5.75 Å². The standard InChI is InChI=1S/C28H42N4O/c1-29-17-23-32(24-18-29)27-12-6-7-13-28(27)33-25-9-3-8-15-30-19-21-31(22-20-30)16-14-26-10-4-2-5-11-26/h2,4-7,10-13H,3,8-9,14-25H2,1H3. The molecule has 2 aliphatic heterocycles. The van der Waals surface area contributed by atoms with Gasteiger partial charge in [-0.1, -0.05) is 42.5 Å². The van der Waals surface area contributed by atoms with Crippen LogP contribution >= 0.6 is 0 Å². The summed E-state index contributed by atoms with van der Waals surface area (Å²) in [6.45, 7) is 12.5. The predicted octanol–water partition coefficient (Wildman–Crippen LogP) is 3.85. The minimum Gasteiger partial charge on any atom is -0.491 e. The van der Waals surface area contributed by atoms with Crippen molar-refractivity contribution in [2.45, 2.75) is 25.7 Å². The molecule has 2 heterocycles. The van der Waals surface area contributed by atoms with Crippen molar-refractivity contribution in [1.29, 1.82) is 0 Å². The maximum atomic E-state index is 6.21. The second-order valence-corrected chi connectivity index (χ2v) is 9.59. The third kappa shape index (κ3) is 7.73. The van der Waals surface area contributed by atoms with E-state index in [-0.39, 0.29) is 0 Å². The molecule has 0 radical (unpaired) electrons. The van der Waals surface area contributed by atoms with Gasteiger partial charge in [-0.15, -0.1) is 0 Å². The summed E-state index contributed by atoms with van der Waals surface area (Å²) in [4.78, 5) is 10.1. The third-order valence-corrected chi connectivity index (χ3v) is 7.11. The lowest BCUT2D eigenvalue weighted by molar-refractivity contribution is 0.131. The van der Waals surface area contributed by atoms with Crippen LogP contribution in [0.3, 0.4) is 0 Å². The summed E-state index contributed by atoms with van der Waals surface area (Å²) in [5, 5.41) is 0. The normalized spacial score (nSPS) is 18.5. The monoisotopic (exact) mass is 450 g/mol. The molecule has 0 aromatic heterocycles. The molecule has 2 aromatic rings. The fourth-order valence-corrected chi connectivity index (χ4v) is 4.85. The number of para-hydroxylation sites is 2. The molecule has 0 saturated carbocycles. The quantitative estimate of drug-likeness (QED) is 0.484. The number of anilines is 1. The molecule has 180 valence electrons. The highest BCUT2D eigenvalue weighted by Gasteiger charge is 2.18. The maximum Gasteiger partial charge on any atom is 0.142 e. The average molecular weight is 451 g/mol. The molecule has 0 aliphatic carbocycles. The predicted molar refractivity (Wildman–Crippen MR) is 139 cm³/mol. The van der Waals surface area contributed by atoms with Crippen LogP contribution in [-0.2, 0) is 6.42 Å². The highest BCUT2D eigenvalue weighted by atomic mass is 16.5. The van der Waals surface area contributed by atoms with E-state index < -0.39 is 0 Å². The summed E-state index contributed by atoms with van der Waals surface area (Å²) in [6.07, 6.45) is 4.81. The minimum absolute atomic E-state index is 0.817. The van der Waals surface area contributed by atoms with Gasteiger partial charge in [0.25, 0.3) is 0 Å². The van der Waals surface area contributed by atoms with Gasteiger partial charge >= 0.3 is 0 Å². The zero-order chi connectivity index (χ0) is 22.7. The molecule has 4 rings (SSSR count). The lowest BCUT2D eigenvalue weighted by atomic mass is 10.1. The van der Waals surface area contributed by atoms with Crippen molar-refractivity contribution < 1.29 is 4.74 Å². The molecule has 2 fully saturated rings. The highest BCUT2D eigenvalue weighted by Crippen LogP contribution is 2.29. The number of hydrogen-bond donors (Lipinski definition) is 0. The summed E-state index contributed by atoms with van der Waals surface area (Å²) in [6, 6.07) is 19.4. The number of likely N-dealkylation sites (N-methyl/N-ethyl adjacent to an activating group) is 1. The Kier molecular flexibility index (Phi) is 9.46. The first kappa shape index (κ1) is 24.1. The zero-order valence-corrected chi connectivity index (χ0v) is 20.5. The smallest absolute Gasteiger partial charge is 0.142 e. The summed E-state index contributed by atoms with van der Waals surface area (Å²) in [7, 11) is 2.20. The molecule has 2 saturated heterocycles. The Bertz CT molecular complexity index is 799. The molecule has 2 aromatic carbocycles. The van der Waals surface area contributed by atoms with Crippen LogP contribution in [0.2, 0.25) is 0 Å². The number of hydrogen-bond acceptors (Lipinski definition) is 5. The van der Waals surface area contributed by atoms with E-state index in [1.54, 1.807) is 0 Å². The van der Waals surface area contributed by atoms with Crippen molar-refractivity contribution in [1.82, 2.24) is 14.7 Å². The molecule has 0 spiro atoms. The largest absolute Gasteiger partial charge is 0.491 e. The van der Waals surface area contributed by atoms with Gasteiger partial charge in [-0.3, -0.25) is 0 Å². The number of benzene rings is 2. The molecule has 0 amide bonds. The Morgan fingerprint density at radius 3 is 2.09 bits per heavy atom. The van der Waals surface area contributed by atoms with Gasteiger partial charge in [-0.05, 0) is 57.0 Å². The fraction of sp³-hybridized carbons (Fsp3) is 0.571. The number of piperazine rings is 2. The van der Waals surface area contributed by atoms with Crippen molar-refractivity contribution in [3.8, 4) is 5.75 Å². The van der Waals surface area contributed by atoms with E-state index in [1.807, 2.05) is 0 Å². The topological polar surface area (TPSA) is 22.2 Å². The first-order valence-corrected chi connectivity index (χ1v) is 12.9. The summed E-state index contributed by atoms with van der Waals surface area (Å²) >= 11 is 0. The van der Waals surface area contributed by atoms with Crippen LogP contribution in [0, 0.1) is 0 Å². The van der Waals surface area contributed by atoms with Crippen molar-refractivity contribution in [2.75, 3.05) is 84.0 Å². The van der Waals surface area contributed by atoms with Gasteiger partial charge in [0.05, 0.1) is 12.3 Å². The first-order chi connectivity index (χ1) is 16.3. The lowest BCUT2D eigenvalue weighted by Gasteiger charge is -2.35. The van der Waals surface area contributed by atoms with E-state index in [0.717, 1.165) is 45.0 Å². The maximum absolute atomic E-state index is 6.21. The SMILES string of the molecule is CN1CCN(c2ccccc2OCCCCCN2CCN(CCc3ccccc3)CC2)CC1. The highest BCUT2D eigenvalue weighted by molar-refractivity contribution is 5.58. The molecule has 0 unspecified atom stereocenters. The van der Waals surface area contributed by atoms with E-state index >= 15 is 0 Å². The van der Waals surface area contributed by atoms with E-state index in [2.05, 4.69) is 81.2 Å². The van der Waals surface area contributed by atoms with Gasteiger partial charge in [0, 0.05) is 58.9 Å². The number of ether oxygens (including phenoxy) is 1. The van der Waals surface area contributed by atoms with Crippen LogP contribution in [0.4, 0.5) is 5.69 Å². The molecule has 2 aliphatic rings. The van der Waals surface area contributed by atoms with Gasteiger partial charge in [-0.25, -0.2) is 0 Å². The molecule has 5 heteroatoms. The van der Waals surface area contributed by atoms with Crippen molar-refractivity contribution >= 4 is 5.69 Å². The number of rotatable bonds is 11. The van der Waals surface area contributed by atoms with Gasteiger partial charge < -0.3 is 24.3 Å². The van der Waals surface area contributed by atoms with Gasteiger partial charge in [0.15, 0.2) is 0 Å². The van der Waals surface area contributed by atoms with E-state index in [0.29, 0.717) is 0 Å². The summed E-state index contributed by atoms with van der Waals surface area (Å²) in [5.74, 6) is 1.05.